The van der Waals surface area contributed by atoms with Crippen LogP contribution in [0, 0.1) is 0 Å². The minimum absolute atomic E-state index is 0.0685. The van der Waals surface area contributed by atoms with Crippen LogP contribution in [0.1, 0.15) is 50.4 Å². The molecule has 2 rings (SSSR count). The highest BCUT2D eigenvalue weighted by atomic mass is 16.6. The van der Waals surface area contributed by atoms with Gasteiger partial charge in [-0.25, -0.2) is 9.69 Å². The van der Waals surface area contributed by atoms with E-state index in [2.05, 4.69) is 0 Å². The van der Waals surface area contributed by atoms with Gasteiger partial charge in [-0.2, -0.15) is 4.79 Å². The van der Waals surface area contributed by atoms with E-state index in [9.17, 15) is 9.59 Å². The van der Waals surface area contributed by atoms with Gasteiger partial charge in [0.1, 0.15) is 18.2 Å². The Morgan fingerprint density at radius 1 is 1.20 bits per heavy atom. The van der Waals surface area contributed by atoms with E-state index in [1.807, 2.05) is 39.0 Å². The molecule has 1 aliphatic rings. The summed E-state index contributed by atoms with van der Waals surface area (Å²) in [5.41, 5.74) is 0.0515. The third kappa shape index (κ3) is 6.35. The number of likely N-dealkylation sites (tertiary alicyclic amines) is 1. The van der Waals surface area contributed by atoms with E-state index in [0.29, 0.717) is 5.56 Å². The number of ether oxygens (including phenoxy) is 2. The predicted octanol–water partition coefficient (Wildman–Crippen LogP) is 2.77. The minimum atomic E-state index is -0.485. The average molecular weight is 346 g/mol. The van der Waals surface area contributed by atoms with Crippen molar-refractivity contribution in [3.05, 3.63) is 48.0 Å². The van der Waals surface area contributed by atoms with Crippen molar-refractivity contribution in [3.8, 4) is 0 Å². The highest BCUT2D eigenvalue weighted by Gasteiger charge is 2.34. The van der Waals surface area contributed by atoms with Gasteiger partial charge in [0.15, 0.2) is 0 Å². The molecule has 1 fully saturated rings. The number of carbonyl (C=O) groups is 2. The Balaban J connectivity index is 1.87. The normalized spacial score (nSPS) is 21.1. The number of hydrogen-bond acceptors (Lipinski definition) is 4. The van der Waals surface area contributed by atoms with Crippen molar-refractivity contribution < 1.29 is 24.0 Å². The lowest BCUT2D eigenvalue weighted by Crippen LogP contribution is -3.18. The largest absolute Gasteiger partial charge is 0.515 e. The first-order valence-electron chi connectivity index (χ1n) is 8.85. The number of amides is 1. The zero-order chi connectivity index (χ0) is 18.3. The average Bonchev–Trinajstić information content (AvgIpc) is 2.58. The van der Waals surface area contributed by atoms with Crippen LogP contribution in [-0.2, 0) is 9.47 Å². The SMILES string of the molecule is CC(C)(C)OC(=O)[NH+]1CCCC[C@H]1/C=C/COC(=O)c1ccccc1. The van der Waals surface area contributed by atoms with E-state index in [1.54, 1.807) is 24.3 Å². The van der Waals surface area contributed by atoms with Crippen molar-refractivity contribution in [2.24, 2.45) is 0 Å². The molecule has 0 radical (unpaired) electrons. The molecule has 0 aromatic heterocycles. The van der Waals surface area contributed by atoms with Crippen LogP contribution >= 0.6 is 0 Å². The maximum absolute atomic E-state index is 12.4. The van der Waals surface area contributed by atoms with Gasteiger partial charge in [0.25, 0.3) is 0 Å². The highest BCUT2D eigenvalue weighted by molar-refractivity contribution is 5.89. The molecule has 0 spiro atoms. The molecule has 1 aliphatic heterocycles. The fourth-order valence-electron chi connectivity index (χ4n) is 2.85. The highest BCUT2D eigenvalue weighted by Crippen LogP contribution is 2.09. The molecule has 0 bridgehead atoms. The van der Waals surface area contributed by atoms with Gasteiger partial charge >= 0.3 is 12.1 Å². The topological polar surface area (TPSA) is 57.0 Å². The van der Waals surface area contributed by atoms with Crippen molar-refractivity contribution in [3.63, 3.8) is 0 Å². The zero-order valence-corrected chi connectivity index (χ0v) is 15.3. The van der Waals surface area contributed by atoms with Gasteiger partial charge in [0.2, 0.25) is 0 Å². The minimum Gasteiger partial charge on any atom is -0.458 e. The van der Waals surface area contributed by atoms with Crippen molar-refractivity contribution in [1.29, 1.82) is 0 Å². The number of nitrogens with one attached hydrogen (secondary N) is 1. The number of carbonyl (C=O) groups excluding carboxylic acids is 2. The zero-order valence-electron chi connectivity index (χ0n) is 15.3. The summed E-state index contributed by atoms with van der Waals surface area (Å²) in [6.07, 6.45) is 6.62. The number of quaternary nitrogens is 1. The van der Waals surface area contributed by atoms with Crippen LogP contribution in [0.3, 0.4) is 0 Å². The summed E-state index contributed by atoms with van der Waals surface area (Å²) in [6.45, 7) is 6.60. The third-order valence-electron chi connectivity index (χ3n) is 4.01. The lowest BCUT2D eigenvalue weighted by atomic mass is 10.0. The first-order valence-corrected chi connectivity index (χ1v) is 8.85. The van der Waals surface area contributed by atoms with Gasteiger partial charge < -0.3 is 9.47 Å². The number of piperidine rings is 1. The van der Waals surface area contributed by atoms with E-state index in [0.717, 1.165) is 30.7 Å². The van der Waals surface area contributed by atoms with Gasteiger partial charge in [-0.05, 0) is 57.9 Å². The summed E-state index contributed by atoms with van der Waals surface area (Å²) < 4.78 is 10.8. The standard InChI is InChI=1S/C20H27NO4/c1-20(2,3)25-19(23)21-14-8-7-12-17(21)13-9-15-24-18(22)16-10-5-4-6-11-16/h4-6,9-11,13,17H,7-8,12,14-15H2,1-3H3/p+1/b13-9+/t17-/m0/s1. The van der Waals surface area contributed by atoms with Crippen LogP contribution in [0.25, 0.3) is 0 Å². The summed E-state index contributed by atoms with van der Waals surface area (Å²) in [4.78, 5) is 25.1. The number of benzene rings is 1. The van der Waals surface area contributed by atoms with Gasteiger partial charge in [-0.15, -0.1) is 0 Å². The fourth-order valence-corrected chi connectivity index (χ4v) is 2.85. The lowest BCUT2D eigenvalue weighted by Gasteiger charge is -2.30. The van der Waals surface area contributed by atoms with E-state index in [1.165, 1.54) is 0 Å². The number of hydrogen-bond donors (Lipinski definition) is 1. The Morgan fingerprint density at radius 3 is 2.60 bits per heavy atom. The van der Waals surface area contributed by atoms with Gasteiger partial charge in [-0.3, -0.25) is 0 Å². The molecule has 1 heterocycles. The second-order valence-corrected chi connectivity index (χ2v) is 7.27. The molecule has 5 heteroatoms. The lowest BCUT2D eigenvalue weighted by molar-refractivity contribution is -0.850. The van der Waals surface area contributed by atoms with E-state index in [-0.39, 0.29) is 24.7 Å². The molecule has 1 unspecified atom stereocenters. The van der Waals surface area contributed by atoms with E-state index >= 15 is 0 Å². The molecule has 1 N–H and O–H groups in total. The van der Waals surface area contributed by atoms with Crippen molar-refractivity contribution in [1.82, 2.24) is 0 Å². The maximum Gasteiger partial charge on any atom is 0.515 e. The van der Waals surface area contributed by atoms with Gasteiger partial charge in [-0.1, -0.05) is 18.2 Å². The quantitative estimate of drug-likeness (QED) is 0.673. The Bertz CT molecular complexity index is 604. The van der Waals surface area contributed by atoms with Crippen LogP contribution in [0.15, 0.2) is 42.5 Å². The van der Waals surface area contributed by atoms with Crippen LogP contribution < -0.4 is 4.90 Å². The summed E-state index contributed by atoms with van der Waals surface area (Å²) in [5, 5.41) is 0. The third-order valence-corrected chi connectivity index (χ3v) is 4.01. The smallest absolute Gasteiger partial charge is 0.458 e. The summed E-state index contributed by atoms with van der Waals surface area (Å²) in [6, 6.07) is 8.98. The number of esters is 1. The first-order chi connectivity index (χ1) is 11.9. The molecule has 136 valence electrons. The molecule has 1 aromatic carbocycles. The Kier molecular flexibility index (Phi) is 6.76. The predicted molar refractivity (Wildman–Crippen MR) is 95.6 cm³/mol. The number of rotatable bonds is 4. The fraction of sp³-hybridized carbons (Fsp3) is 0.500. The molecule has 1 aromatic rings. The molecule has 1 saturated heterocycles. The summed E-state index contributed by atoms with van der Waals surface area (Å²) in [7, 11) is 0. The molecule has 2 atom stereocenters. The second-order valence-electron chi connectivity index (χ2n) is 7.27. The number of alkyl carbamates (subject to hydrolysis) is 2. The van der Waals surface area contributed by atoms with E-state index in [4.69, 9.17) is 9.47 Å². The molecule has 0 aliphatic carbocycles. The van der Waals surface area contributed by atoms with E-state index < -0.39 is 5.60 Å². The van der Waals surface area contributed by atoms with Crippen molar-refractivity contribution in [2.75, 3.05) is 13.2 Å². The maximum atomic E-state index is 12.4. The van der Waals surface area contributed by atoms with Gasteiger partial charge in [0, 0.05) is 6.42 Å². The van der Waals surface area contributed by atoms with Crippen LogP contribution in [0.5, 0.6) is 0 Å². The Morgan fingerprint density at radius 2 is 1.92 bits per heavy atom. The van der Waals surface area contributed by atoms with Crippen LogP contribution in [-0.4, -0.2) is 36.9 Å². The molecular weight excluding hydrogens is 318 g/mol. The first kappa shape index (κ1) is 19.2. The van der Waals surface area contributed by atoms with Crippen LogP contribution in [0.4, 0.5) is 4.79 Å². The summed E-state index contributed by atoms with van der Waals surface area (Å²) >= 11 is 0. The second kappa shape index (κ2) is 8.81. The Labute approximate surface area is 149 Å². The molecular formula is C20H28NO4+. The monoisotopic (exact) mass is 346 g/mol. The van der Waals surface area contributed by atoms with Gasteiger partial charge in [0.05, 0.1) is 12.1 Å². The molecule has 25 heavy (non-hydrogen) atoms. The molecule has 0 saturated carbocycles. The van der Waals surface area contributed by atoms with Crippen molar-refractivity contribution >= 4 is 12.1 Å². The molecule has 1 amide bonds. The molecule has 5 nitrogen and oxygen atoms in total. The Hall–Kier alpha value is -2.14. The summed E-state index contributed by atoms with van der Waals surface area (Å²) in [5.74, 6) is -0.342. The van der Waals surface area contributed by atoms with Crippen molar-refractivity contribution in [2.45, 2.75) is 51.7 Å². The van der Waals surface area contributed by atoms with Crippen LogP contribution in [0.2, 0.25) is 0 Å².